The maximum Gasteiger partial charge on any atom is 0.255 e. The largest absolute Gasteiger partial charge is 0.508 e. The molecule has 8 heteroatoms. The number of carbonyl (C=O) groups is 2. The van der Waals surface area contributed by atoms with Crippen LogP contribution >= 0.6 is 11.6 Å². The Bertz CT molecular complexity index is 1300. The van der Waals surface area contributed by atoms with Crippen LogP contribution in [0.5, 0.6) is 5.75 Å². The Morgan fingerprint density at radius 1 is 0.886 bits per heavy atom. The number of rotatable bonds is 9. The van der Waals surface area contributed by atoms with Crippen molar-refractivity contribution in [2.75, 3.05) is 13.1 Å². The molecule has 0 unspecified atom stereocenters. The summed E-state index contributed by atoms with van der Waals surface area (Å²) >= 11 is 6.03. The molecule has 4 aromatic rings. The molecule has 4 rings (SSSR count). The second-order valence-electron chi connectivity index (χ2n) is 8.00. The summed E-state index contributed by atoms with van der Waals surface area (Å²) in [5.74, 6) is -0.484. The fraction of sp³-hybridized carbons (Fsp3) is 0.148. The van der Waals surface area contributed by atoms with Gasteiger partial charge < -0.3 is 15.7 Å². The molecular weight excluding hydrogens is 464 g/mol. The molecule has 0 aliphatic rings. The van der Waals surface area contributed by atoms with Crippen LogP contribution in [0.25, 0.3) is 11.3 Å². The summed E-state index contributed by atoms with van der Waals surface area (Å²) in [6, 6.07) is 23.3. The normalized spacial score (nSPS) is 10.7. The lowest BCUT2D eigenvalue weighted by molar-refractivity contribution is 0.0951. The molecule has 0 aliphatic heterocycles. The van der Waals surface area contributed by atoms with Crippen molar-refractivity contribution in [1.29, 1.82) is 0 Å². The van der Waals surface area contributed by atoms with Gasteiger partial charge in [-0.2, -0.15) is 5.10 Å². The minimum atomic E-state index is -0.278. The van der Waals surface area contributed by atoms with Gasteiger partial charge in [0.05, 0.1) is 12.1 Å². The van der Waals surface area contributed by atoms with Gasteiger partial charge in [-0.1, -0.05) is 60.1 Å². The van der Waals surface area contributed by atoms with Crippen LogP contribution < -0.4 is 10.6 Å². The van der Waals surface area contributed by atoms with E-state index in [2.05, 4.69) is 15.7 Å². The molecule has 0 saturated carbocycles. The number of nitrogens with one attached hydrogen (secondary N) is 2. The van der Waals surface area contributed by atoms with Crippen molar-refractivity contribution in [1.82, 2.24) is 20.4 Å². The molecule has 0 saturated heterocycles. The van der Waals surface area contributed by atoms with Crippen LogP contribution in [0.2, 0.25) is 5.02 Å². The first kappa shape index (κ1) is 24.0. The number of nitrogens with zero attached hydrogens (tertiary/aromatic N) is 2. The predicted octanol–water partition coefficient (Wildman–Crippen LogP) is 4.51. The summed E-state index contributed by atoms with van der Waals surface area (Å²) < 4.78 is 1.75. The lowest BCUT2D eigenvalue weighted by atomic mass is 10.1. The SMILES string of the molecule is O=C(NCCCNC(=O)c1cn(Cc2ccccc2)nc1-c1ccc(Cl)cc1)c1cccc(O)c1. The molecule has 7 nitrogen and oxygen atoms in total. The summed E-state index contributed by atoms with van der Waals surface area (Å²) in [5.41, 5.74) is 3.30. The molecule has 3 aromatic carbocycles. The number of phenolic OH excluding ortho intramolecular Hbond substituents is 1. The number of hydrogen-bond donors (Lipinski definition) is 3. The standard InChI is InChI=1S/C27H25ClN4O3/c28-22-12-10-20(11-13-22)25-24(18-32(31-25)17-19-6-2-1-3-7-19)27(35)30-15-5-14-29-26(34)21-8-4-9-23(33)16-21/h1-4,6-13,16,18,33H,5,14-15,17H2,(H,29,34)(H,30,35). The lowest BCUT2D eigenvalue weighted by Crippen LogP contribution is -2.30. The molecule has 0 aliphatic carbocycles. The summed E-state index contributed by atoms with van der Waals surface area (Å²) in [6.07, 6.45) is 2.29. The monoisotopic (exact) mass is 488 g/mol. The molecule has 0 atom stereocenters. The third kappa shape index (κ3) is 6.49. The van der Waals surface area contributed by atoms with Crippen LogP contribution in [-0.4, -0.2) is 39.8 Å². The zero-order valence-corrected chi connectivity index (χ0v) is 19.7. The Morgan fingerprint density at radius 2 is 1.60 bits per heavy atom. The summed E-state index contributed by atoms with van der Waals surface area (Å²) in [7, 11) is 0. The van der Waals surface area contributed by atoms with E-state index in [1.54, 1.807) is 35.1 Å². The van der Waals surface area contributed by atoms with Gasteiger partial charge in [0.25, 0.3) is 11.8 Å². The summed E-state index contributed by atoms with van der Waals surface area (Å²) in [5, 5.41) is 20.5. The Labute approximate surface area is 208 Å². The van der Waals surface area contributed by atoms with E-state index >= 15 is 0 Å². The minimum Gasteiger partial charge on any atom is -0.508 e. The van der Waals surface area contributed by atoms with Crippen LogP contribution in [0.3, 0.4) is 0 Å². The van der Waals surface area contributed by atoms with Crippen LogP contribution in [0.4, 0.5) is 0 Å². The average Bonchev–Trinajstić information content (AvgIpc) is 3.28. The van der Waals surface area contributed by atoms with E-state index in [1.807, 2.05) is 42.5 Å². The van der Waals surface area contributed by atoms with Crippen LogP contribution in [-0.2, 0) is 6.54 Å². The van der Waals surface area contributed by atoms with E-state index in [9.17, 15) is 14.7 Å². The van der Waals surface area contributed by atoms with Gasteiger partial charge in [-0.15, -0.1) is 0 Å². The quantitative estimate of drug-likeness (QED) is 0.302. The van der Waals surface area contributed by atoms with Gasteiger partial charge in [0.1, 0.15) is 11.4 Å². The highest BCUT2D eigenvalue weighted by atomic mass is 35.5. The van der Waals surface area contributed by atoms with Gasteiger partial charge in [-0.3, -0.25) is 14.3 Å². The smallest absolute Gasteiger partial charge is 0.255 e. The molecule has 3 N–H and O–H groups in total. The van der Waals surface area contributed by atoms with Gasteiger partial charge in [-0.25, -0.2) is 0 Å². The van der Waals surface area contributed by atoms with Crippen molar-refractivity contribution in [2.24, 2.45) is 0 Å². The number of phenols is 1. The van der Waals surface area contributed by atoms with Gasteiger partial charge in [0.15, 0.2) is 0 Å². The molecular formula is C27H25ClN4O3. The van der Waals surface area contributed by atoms with Crippen molar-refractivity contribution in [2.45, 2.75) is 13.0 Å². The van der Waals surface area contributed by atoms with Crippen molar-refractivity contribution < 1.29 is 14.7 Å². The van der Waals surface area contributed by atoms with Crippen LogP contribution in [0, 0.1) is 0 Å². The van der Waals surface area contributed by atoms with E-state index in [-0.39, 0.29) is 17.6 Å². The molecule has 178 valence electrons. The number of hydrogen-bond acceptors (Lipinski definition) is 4. The highest BCUT2D eigenvalue weighted by molar-refractivity contribution is 6.30. The zero-order chi connectivity index (χ0) is 24.6. The minimum absolute atomic E-state index is 0.0363. The predicted molar refractivity (Wildman–Crippen MR) is 136 cm³/mol. The third-order valence-corrected chi connectivity index (χ3v) is 5.60. The average molecular weight is 489 g/mol. The number of aromatic nitrogens is 2. The van der Waals surface area contributed by atoms with E-state index in [4.69, 9.17) is 11.6 Å². The third-order valence-electron chi connectivity index (χ3n) is 5.34. The Hall–Kier alpha value is -4.10. The highest BCUT2D eigenvalue weighted by Gasteiger charge is 2.18. The van der Waals surface area contributed by atoms with Gasteiger partial charge >= 0.3 is 0 Å². The molecule has 1 aromatic heterocycles. The van der Waals surface area contributed by atoms with Gasteiger partial charge in [0, 0.05) is 35.4 Å². The van der Waals surface area contributed by atoms with Crippen molar-refractivity contribution >= 4 is 23.4 Å². The van der Waals surface area contributed by atoms with Crippen molar-refractivity contribution in [3.63, 3.8) is 0 Å². The van der Waals surface area contributed by atoms with E-state index in [0.29, 0.717) is 47.9 Å². The Kier molecular flexibility index (Phi) is 7.80. The Balaban J connectivity index is 1.39. The second-order valence-corrected chi connectivity index (χ2v) is 8.43. The number of amides is 2. The topological polar surface area (TPSA) is 96.3 Å². The van der Waals surface area contributed by atoms with Crippen LogP contribution in [0.1, 0.15) is 32.7 Å². The molecule has 1 heterocycles. The second kappa shape index (κ2) is 11.4. The molecule has 2 amide bonds. The number of aromatic hydroxyl groups is 1. The Morgan fingerprint density at radius 3 is 2.31 bits per heavy atom. The molecule has 35 heavy (non-hydrogen) atoms. The fourth-order valence-electron chi connectivity index (χ4n) is 3.60. The fourth-order valence-corrected chi connectivity index (χ4v) is 3.72. The first-order valence-corrected chi connectivity index (χ1v) is 11.6. The number of halogens is 1. The van der Waals surface area contributed by atoms with E-state index in [0.717, 1.165) is 11.1 Å². The molecule has 0 spiro atoms. The van der Waals surface area contributed by atoms with Crippen molar-refractivity contribution in [3.05, 3.63) is 107 Å². The first-order chi connectivity index (χ1) is 17.0. The molecule has 0 fully saturated rings. The molecule has 0 radical (unpaired) electrons. The van der Waals surface area contributed by atoms with E-state index < -0.39 is 0 Å². The van der Waals surface area contributed by atoms with Gasteiger partial charge in [0.2, 0.25) is 0 Å². The summed E-state index contributed by atoms with van der Waals surface area (Å²) in [6.45, 7) is 1.30. The van der Waals surface area contributed by atoms with Crippen LogP contribution in [0.15, 0.2) is 85.1 Å². The summed E-state index contributed by atoms with van der Waals surface area (Å²) in [4.78, 5) is 25.2. The maximum atomic E-state index is 13.0. The number of benzene rings is 3. The van der Waals surface area contributed by atoms with E-state index in [1.165, 1.54) is 12.1 Å². The van der Waals surface area contributed by atoms with Gasteiger partial charge in [-0.05, 0) is 42.3 Å². The first-order valence-electron chi connectivity index (χ1n) is 11.2. The number of carbonyl (C=O) groups excluding carboxylic acids is 2. The lowest BCUT2D eigenvalue weighted by Gasteiger charge is -2.07. The maximum absolute atomic E-state index is 13.0. The zero-order valence-electron chi connectivity index (χ0n) is 18.9. The molecule has 0 bridgehead atoms. The highest BCUT2D eigenvalue weighted by Crippen LogP contribution is 2.24. The van der Waals surface area contributed by atoms with Crippen molar-refractivity contribution in [3.8, 4) is 17.0 Å².